The van der Waals surface area contributed by atoms with Crippen LogP contribution < -0.4 is 0 Å². The van der Waals surface area contributed by atoms with E-state index in [1.165, 1.54) is 0 Å². The molecule has 71 valence electrons. The molecule has 3 radical (unpaired) electrons. The molecular formula is C6H18N4PSi. The van der Waals surface area contributed by atoms with Crippen LogP contribution in [0.3, 0.4) is 0 Å². The molecule has 0 atom stereocenters. The van der Waals surface area contributed by atoms with E-state index >= 15 is 0 Å². The molecule has 0 fully saturated rings. The third-order valence-corrected chi connectivity index (χ3v) is 6.04. The summed E-state index contributed by atoms with van der Waals surface area (Å²) < 4.78 is 10.7. The Hall–Kier alpha value is 0.327. The van der Waals surface area contributed by atoms with Gasteiger partial charge in [-0.1, -0.05) is 0 Å². The van der Waals surface area contributed by atoms with Crippen LogP contribution in [0.1, 0.15) is 0 Å². The van der Waals surface area contributed by atoms with E-state index in [-0.39, 0.29) is 0 Å². The summed E-state index contributed by atoms with van der Waals surface area (Å²) in [6, 6.07) is 0. The standard InChI is InChI=1S/C6H18N4PSi/c1-8(2)11(7-12,9(3)4)10(5)6/h1-6H3. The highest BCUT2D eigenvalue weighted by atomic mass is 31.2. The molecule has 0 saturated carbocycles. The normalized spacial score (nSPS) is 13.2. The van der Waals surface area contributed by atoms with Gasteiger partial charge in [0.2, 0.25) is 10.4 Å². The van der Waals surface area contributed by atoms with E-state index < -0.39 is 7.51 Å². The van der Waals surface area contributed by atoms with Gasteiger partial charge < -0.3 is 4.41 Å². The van der Waals surface area contributed by atoms with Crippen molar-refractivity contribution < 1.29 is 0 Å². The minimum absolute atomic E-state index is 1.65. The maximum absolute atomic E-state index is 4.31. The Balaban J connectivity index is 5.08. The summed E-state index contributed by atoms with van der Waals surface area (Å²) in [6.07, 6.45) is 0. The van der Waals surface area contributed by atoms with Crippen molar-refractivity contribution in [2.45, 2.75) is 0 Å². The summed E-state index contributed by atoms with van der Waals surface area (Å²) in [5, 5.41) is 0. The molecule has 0 saturated heterocycles. The van der Waals surface area contributed by atoms with E-state index in [1.54, 1.807) is 0 Å². The first-order chi connectivity index (χ1) is 5.39. The van der Waals surface area contributed by atoms with Crippen molar-refractivity contribution in [2.75, 3.05) is 42.3 Å². The summed E-state index contributed by atoms with van der Waals surface area (Å²) in [5.74, 6) is 0. The molecule has 0 rings (SSSR count). The molecule has 0 unspecified atom stereocenters. The molecule has 0 bridgehead atoms. The van der Waals surface area contributed by atoms with Crippen LogP contribution >= 0.6 is 7.51 Å². The molecule has 0 amide bonds. The monoisotopic (exact) mass is 205 g/mol. The van der Waals surface area contributed by atoms with Crippen molar-refractivity contribution in [3.63, 3.8) is 0 Å². The van der Waals surface area contributed by atoms with Crippen molar-refractivity contribution in [3.05, 3.63) is 0 Å². The van der Waals surface area contributed by atoms with Crippen molar-refractivity contribution in [1.82, 2.24) is 14.0 Å². The highest BCUT2D eigenvalue weighted by Gasteiger charge is 2.26. The third-order valence-electron chi connectivity index (χ3n) is 1.74. The highest BCUT2D eigenvalue weighted by Crippen LogP contribution is 2.53. The summed E-state index contributed by atoms with van der Waals surface area (Å²) in [4.78, 5) is 0. The molecule has 12 heavy (non-hydrogen) atoms. The van der Waals surface area contributed by atoms with E-state index in [0.717, 1.165) is 0 Å². The molecule has 0 aromatic carbocycles. The molecule has 0 aromatic rings. The van der Waals surface area contributed by atoms with Crippen LogP contribution in [-0.4, -0.2) is 66.7 Å². The zero-order valence-electron chi connectivity index (χ0n) is 8.74. The molecule has 0 aromatic heterocycles. The Labute approximate surface area is 79.3 Å². The number of hydrogen-bond acceptors (Lipinski definition) is 1. The predicted octanol–water partition coefficient (Wildman–Crippen LogP) is 0.701. The van der Waals surface area contributed by atoms with Gasteiger partial charge in [0.15, 0.2) is 7.51 Å². The zero-order valence-corrected chi connectivity index (χ0v) is 10.6. The summed E-state index contributed by atoms with van der Waals surface area (Å²) in [6.45, 7) is 0. The van der Waals surface area contributed by atoms with Crippen LogP contribution in [-0.2, 0) is 0 Å². The van der Waals surface area contributed by atoms with Crippen LogP contribution in [0.5, 0.6) is 0 Å². The maximum Gasteiger partial charge on any atom is 0.224 e. The Morgan fingerprint density at radius 1 is 0.833 bits per heavy atom. The Morgan fingerprint density at radius 3 is 1.08 bits per heavy atom. The summed E-state index contributed by atoms with van der Waals surface area (Å²) in [7, 11) is 13.9. The van der Waals surface area contributed by atoms with Crippen LogP contribution in [0.15, 0.2) is 4.41 Å². The van der Waals surface area contributed by atoms with Crippen LogP contribution in [0.4, 0.5) is 0 Å². The average molecular weight is 205 g/mol. The van der Waals surface area contributed by atoms with Gasteiger partial charge in [0.1, 0.15) is 0 Å². The molecule has 0 aliphatic heterocycles. The van der Waals surface area contributed by atoms with Crippen molar-refractivity contribution in [3.8, 4) is 0 Å². The second-order valence-electron chi connectivity index (χ2n) is 3.18. The first-order valence-electron chi connectivity index (χ1n) is 3.71. The second-order valence-corrected chi connectivity index (χ2v) is 7.45. The van der Waals surface area contributed by atoms with Crippen LogP contribution in [0.25, 0.3) is 0 Å². The molecule has 0 N–H and O–H groups in total. The minimum Gasteiger partial charge on any atom is -0.303 e. The molecule has 4 nitrogen and oxygen atoms in total. The largest absolute Gasteiger partial charge is 0.303 e. The minimum atomic E-state index is -1.65. The van der Waals surface area contributed by atoms with Crippen molar-refractivity contribution in [1.29, 1.82) is 0 Å². The lowest BCUT2D eigenvalue weighted by atomic mass is 11.2. The van der Waals surface area contributed by atoms with E-state index in [1.807, 2.05) is 42.3 Å². The van der Waals surface area contributed by atoms with Gasteiger partial charge >= 0.3 is 0 Å². The Kier molecular flexibility index (Phi) is 4.65. The molecule has 0 spiro atoms. The van der Waals surface area contributed by atoms with E-state index in [0.29, 0.717) is 0 Å². The molecular weight excluding hydrogens is 187 g/mol. The fourth-order valence-electron chi connectivity index (χ4n) is 1.34. The number of hydrogen-bond donors (Lipinski definition) is 0. The van der Waals surface area contributed by atoms with Crippen LogP contribution in [0, 0.1) is 0 Å². The Bertz CT molecular complexity index is 161. The molecule has 0 aliphatic carbocycles. The quantitative estimate of drug-likeness (QED) is 0.500. The summed E-state index contributed by atoms with van der Waals surface area (Å²) >= 11 is 0. The molecule has 0 aliphatic rings. The number of rotatable bonds is 3. The van der Waals surface area contributed by atoms with Crippen LogP contribution in [0.2, 0.25) is 0 Å². The average Bonchev–Trinajstić information content (AvgIpc) is 1.86. The van der Waals surface area contributed by atoms with E-state index in [9.17, 15) is 0 Å². The first kappa shape index (κ1) is 12.3. The lowest BCUT2D eigenvalue weighted by Gasteiger charge is -2.40. The lowest BCUT2D eigenvalue weighted by molar-refractivity contribution is 0.475. The van der Waals surface area contributed by atoms with E-state index in [2.05, 4.69) is 28.8 Å². The molecule has 6 heteroatoms. The Morgan fingerprint density at radius 2 is 1.08 bits per heavy atom. The van der Waals surface area contributed by atoms with Gasteiger partial charge in [-0.15, -0.1) is 0 Å². The topological polar surface area (TPSA) is 22.1 Å². The lowest BCUT2D eigenvalue weighted by Crippen LogP contribution is -2.30. The second kappa shape index (κ2) is 4.53. The first-order valence-corrected chi connectivity index (χ1v) is 5.75. The van der Waals surface area contributed by atoms with Crippen molar-refractivity contribution in [2.24, 2.45) is 4.41 Å². The van der Waals surface area contributed by atoms with Crippen molar-refractivity contribution >= 4 is 17.9 Å². The fraction of sp³-hybridized carbons (Fsp3) is 1.00. The van der Waals surface area contributed by atoms with Gasteiger partial charge in [0.05, 0.1) is 0 Å². The van der Waals surface area contributed by atoms with Gasteiger partial charge in [-0.25, -0.2) is 0 Å². The van der Waals surface area contributed by atoms with Gasteiger partial charge in [0.25, 0.3) is 0 Å². The molecule has 0 heterocycles. The van der Waals surface area contributed by atoms with Gasteiger partial charge in [-0.05, 0) is 42.3 Å². The van der Waals surface area contributed by atoms with Gasteiger partial charge in [-0.3, -0.25) is 14.0 Å². The fourth-order valence-corrected chi connectivity index (χ4v) is 5.63. The summed E-state index contributed by atoms with van der Waals surface area (Å²) in [5.41, 5.74) is 0. The number of nitrogens with zero attached hydrogens (tertiary/aromatic N) is 4. The third kappa shape index (κ3) is 1.98. The van der Waals surface area contributed by atoms with Gasteiger partial charge in [-0.2, -0.15) is 0 Å². The maximum atomic E-state index is 4.31. The van der Waals surface area contributed by atoms with E-state index in [4.69, 9.17) is 0 Å². The predicted molar refractivity (Wildman–Crippen MR) is 56.2 cm³/mol. The van der Waals surface area contributed by atoms with Gasteiger partial charge in [0, 0.05) is 0 Å². The zero-order chi connectivity index (χ0) is 9.94. The smallest absolute Gasteiger partial charge is 0.224 e. The SMILES string of the molecule is CN(C)P(=N[Si])(N(C)C)N(C)C. The highest BCUT2D eigenvalue weighted by molar-refractivity contribution is 7.59.